The van der Waals surface area contributed by atoms with Gasteiger partial charge in [0, 0.05) is 23.0 Å². The lowest BCUT2D eigenvalue weighted by atomic mass is 9.97. The third kappa shape index (κ3) is 4.39. The number of piperidine rings is 1. The Hall–Kier alpha value is -2.18. The predicted molar refractivity (Wildman–Crippen MR) is 109 cm³/mol. The number of ether oxygens (including phenoxy) is 1. The molecule has 3 rings (SSSR count). The Balaban J connectivity index is 1.81. The molecule has 1 fully saturated rings. The summed E-state index contributed by atoms with van der Waals surface area (Å²) in [6.07, 6.45) is 3.43. The molecule has 1 aromatic heterocycles. The molecule has 1 saturated heterocycles. The van der Waals surface area contributed by atoms with Gasteiger partial charge in [0.25, 0.3) is 0 Å². The summed E-state index contributed by atoms with van der Waals surface area (Å²) in [7, 11) is 1.36. The molecule has 2 atom stereocenters. The van der Waals surface area contributed by atoms with Gasteiger partial charge in [-0.2, -0.15) is 0 Å². The SMILES string of the molecule is COC(=O)c1c(-c2ccccc2)csc1NC(=O)CN1C(C)CCCC1C. The second-order valence-electron chi connectivity index (χ2n) is 7.06. The molecule has 0 bridgehead atoms. The summed E-state index contributed by atoms with van der Waals surface area (Å²) in [4.78, 5) is 27.3. The van der Waals surface area contributed by atoms with Crippen LogP contribution >= 0.6 is 11.3 Å². The van der Waals surface area contributed by atoms with Crippen molar-refractivity contribution in [1.82, 2.24) is 4.90 Å². The minimum atomic E-state index is -0.440. The Kier molecular flexibility index (Phi) is 6.29. The van der Waals surface area contributed by atoms with Crippen LogP contribution in [0.4, 0.5) is 5.00 Å². The summed E-state index contributed by atoms with van der Waals surface area (Å²) in [5, 5.41) is 5.38. The lowest BCUT2D eigenvalue weighted by molar-refractivity contribution is -0.118. The topological polar surface area (TPSA) is 58.6 Å². The van der Waals surface area contributed by atoms with Crippen LogP contribution in [0.25, 0.3) is 11.1 Å². The quantitative estimate of drug-likeness (QED) is 0.774. The molecule has 2 aromatic rings. The molecule has 0 aliphatic carbocycles. The first-order valence-electron chi connectivity index (χ1n) is 9.32. The average Bonchev–Trinajstić information content (AvgIpc) is 3.08. The number of carbonyl (C=O) groups is 2. The summed E-state index contributed by atoms with van der Waals surface area (Å²) in [5.74, 6) is -0.535. The molecular weight excluding hydrogens is 360 g/mol. The van der Waals surface area contributed by atoms with Crippen molar-refractivity contribution in [3.8, 4) is 11.1 Å². The van der Waals surface area contributed by atoms with E-state index in [2.05, 4.69) is 24.1 Å². The zero-order chi connectivity index (χ0) is 19.4. The summed E-state index contributed by atoms with van der Waals surface area (Å²) < 4.78 is 4.97. The number of hydrogen-bond donors (Lipinski definition) is 1. The van der Waals surface area contributed by atoms with Crippen molar-refractivity contribution in [1.29, 1.82) is 0 Å². The number of carbonyl (C=O) groups excluding carboxylic acids is 2. The number of methoxy groups -OCH3 is 1. The summed E-state index contributed by atoms with van der Waals surface area (Å²) in [5.41, 5.74) is 2.12. The van der Waals surface area contributed by atoms with E-state index < -0.39 is 5.97 Å². The fraction of sp³-hybridized carbons (Fsp3) is 0.429. The van der Waals surface area contributed by atoms with Crippen LogP contribution in [0.3, 0.4) is 0 Å². The molecule has 5 nitrogen and oxygen atoms in total. The maximum atomic E-state index is 12.7. The van der Waals surface area contributed by atoms with Crippen molar-refractivity contribution in [2.45, 2.75) is 45.2 Å². The van der Waals surface area contributed by atoms with E-state index in [-0.39, 0.29) is 5.91 Å². The van der Waals surface area contributed by atoms with E-state index in [0.29, 0.717) is 29.2 Å². The highest BCUT2D eigenvalue weighted by Gasteiger charge is 2.28. The van der Waals surface area contributed by atoms with Crippen LogP contribution in [0.2, 0.25) is 0 Å². The Morgan fingerprint density at radius 3 is 2.48 bits per heavy atom. The molecule has 2 heterocycles. The molecule has 1 aliphatic rings. The number of nitrogens with one attached hydrogen (secondary N) is 1. The van der Waals surface area contributed by atoms with Crippen molar-refractivity contribution in [3.63, 3.8) is 0 Å². The van der Waals surface area contributed by atoms with E-state index >= 15 is 0 Å². The van der Waals surface area contributed by atoms with Crippen LogP contribution in [-0.4, -0.2) is 42.5 Å². The molecule has 1 aromatic carbocycles. The summed E-state index contributed by atoms with van der Waals surface area (Å²) in [6.45, 7) is 4.67. The van der Waals surface area contributed by atoms with Gasteiger partial charge < -0.3 is 10.1 Å². The highest BCUT2D eigenvalue weighted by molar-refractivity contribution is 7.15. The maximum absolute atomic E-state index is 12.7. The summed E-state index contributed by atoms with van der Waals surface area (Å²) in [6, 6.07) is 10.4. The number of amides is 1. The van der Waals surface area contributed by atoms with Crippen LogP contribution in [0.1, 0.15) is 43.5 Å². The molecule has 0 radical (unpaired) electrons. The fourth-order valence-electron chi connectivity index (χ4n) is 3.70. The minimum absolute atomic E-state index is 0.0952. The first-order valence-corrected chi connectivity index (χ1v) is 10.2. The maximum Gasteiger partial charge on any atom is 0.341 e. The van der Waals surface area contributed by atoms with Crippen molar-refractivity contribution < 1.29 is 14.3 Å². The second kappa shape index (κ2) is 8.67. The molecule has 1 amide bonds. The average molecular weight is 387 g/mol. The Bertz CT molecular complexity index is 793. The van der Waals surface area contributed by atoms with Gasteiger partial charge in [0.2, 0.25) is 5.91 Å². The first kappa shape index (κ1) is 19.6. The third-order valence-electron chi connectivity index (χ3n) is 5.22. The van der Waals surface area contributed by atoms with Crippen molar-refractivity contribution in [3.05, 3.63) is 41.3 Å². The lowest BCUT2D eigenvalue weighted by Crippen LogP contribution is -2.47. The third-order valence-corrected chi connectivity index (χ3v) is 6.12. The van der Waals surface area contributed by atoms with Gasteiger partial charge in [0.15, 0.2) is 0 Å². The monoisotopic (exact) mass is 386 g/mol. The van der Waals surface area contributed by atoms with E-state index in [9.17, 15) is 9.59 Å². The van der Waals surface area contributed by atoms with Crippen molar-refractivity contribution in [2.24, 2.45) is 0 Å². The van der Waals surface area contributed by atoms with Crippen LogP contribution in [-0.2, 0) is 9.53 Å². The van der Waals surface area contributed by atoms with Crippen molar-refractivity contribution >= 4 is 28.2 Å². The number of thiophene rings is 1. The fourth-order valence-corrected chi connectivity index (χ4v) is 4.68. The number of esters is 1. The molecule has 0 saturated carbocycles. The van der Waals surface area contributed by atoms with Crippen molar-refractivity contribution in [2.75, 3.05) is 19.0 Å². The standard InChI is InChI=1S/C21H26N2O3S/c1-14-8-7-9-15(2)23(14)12-18(24)22-20-19(21(25)26-3)17(13-27-20)16-10-5-4-6-11-16/h4-6,10-11,13-15H,7-9,12H2,1-3H3,(H,22,24). The van der Waals surface area contributed by atoms with E-state index in [1.54, 1.807) is 0 Å². The van der Waals surface area contributed by atoms with E-state index in [0.717, 1.165) is 24.0 Å². The second-order valence-corrected chi connectivity index (χ2v) is 7.94. The number of nitrogens with zero attached hydrogens (tertiary/aromatic N) is 1. The Morgan fingerprint density at radius 2 is 1.85 bits per heavy atom. The zero-order valence-electron chi connectivity index (χ0n) is 16.0. The summed E-state index contributed by atoms with van der Waals surface area (Å²) >= 11 is 1.36. The van der Waals surface area contributed by atoms with Gasteiger partial charge in [-0.25, -0.2) is 4.79 Å². The van der Waals surface area contributed by atoms with Gasteiger partial charge in [0.1, 0.15) is 10.6 Å². The minimum Gasteiger partial charge on any atom is -0.465 e. The van der Waals surface area contributed by atoms with Gasteiger partial charge in [-0.15, -0.1) is 11.3 Å². The number of likely N-dealkylation sites (tertiary alicyclic amines) is 1. The molecule has 0 spiro atoms. The highest BCUT2D eigenvalue weighted by Crippen LogP contribution is 2.36. The molecule has 27 heavy (non-hydrogen) atoms. The molecule has 2 unspecified atom stereocenters. The Labute approximate surface area is 164 Å². The van der Waals surface area contributed by atoms with E-state index in [1.165, 1.54) is 24.9 Å². The number of anilines is 1. The number of rotatable bonds is 5. The number of benzene rings is 1. The Morgan fingerprint density at radius 1 is 1.19 bits per heavy atom. The molecular formula is C21H26N2O3S. The highest BCUT2D eigenvalue weighted by atomic mass is 32.1. The van der Waals surface area contributed by atoms with Crippen LogP contribution in [0.15, 0.2) is 35.7 Å². The lowest BCUT2D eigenvalue weighted by Gasteiger charge is -2.38. The van der Waals surface area contributed by atoms with Gasteiger partial charge >= 0.3 is 5.97 Å². The van der Waals surface area contributed by atoms with Crippen LogP contribution in [0.5, 0.6) is 0 Å². The zero-order valence-corrected chi connectivity index (χ0v) is 16.8. The molecule has 144 valence electrons. The largest absolute Gasteiger partial charge is 0.465 e. The predicted octanol–water partition coefficient (Wildman–Crippen LogP) is 4.40. The van der Waals surface area contributed by atoms with Gasteiger partial charge in [-0.3, -0.25) is 9.69 Å². The van der Waals surface area contributed by atoms with E-state index in [4.69, 9.17) is 4.74 Å². The smallest absolute Gasteiger partial charge is 0.341 e. The van der Waals surface area contributed by atoms with Gasteiger partial charge in [-0.05, 0) is 32.3 Å². The van der Waals surface area contributed by atoms with Crippen LogP contribution in [0, 0.1) is 0 Å². The molecule has 1 aliphatic heterocycles. The van der Waals surface area contributed by atoms with Gasteiger partial charge in [0.05, 0.1) is 13.7 Å². The van der Waals surface area contributed by atoms with Gasteiger partial charge in [-0.1, -0.05) is 36.8 Å². The van der Waals surface area contributed by atoms with Crippen LogP contribution < -0.4 is 5.32 Å². The normalized spacial score (nSPS) is 20.3. The van der Waals surface area contributed by atoms with E-state index in [1.807, 2.05) is 35.7 Å². The molecule has 1 N–H and O–H groups in total. The first-order chi connectivity index (χ1) is 13.0. The molecule has 6 heteroatoms. The number of hydrogen-bond acceptors (Lipinski definition) is 5.